The van der Waals surface area contributed by atoms with E-state index in [0.29, 0.717) is 23.2 Å². The number of likely N-dealkylation sites (N-methyl/N-ethyl adjacent to an activating group) is 1. The number of nitrogen functional groups attached to an aromatic ring is 1. The van der Waals surface area contributed by atoms with Gasteiger partial charge in [-0.25, -0.2) is 9.97 Å². The van der Waals surface area contributed by atoms with Gasteiger partial charge in [0, 0.05) is 50.1 Å². The molecule has 1 aliphatic rings. The normalized spacial score (nSPS) is 14.2. The second-order valence-electron chi connectivity index (χ2n) is 9.44. The first kappa shape index (κ1) is 26.0. The van der Waals surface area contributed by atoms with Gasteiger partial charge in [0.05, 0.1) is 25.2 Å². The van der Waals surface area contributed by atoms with E-state index in [4.69, 9.17) is 15.2 Å². The first-order valence-corrected chi connectivity index (χ1v) is 12.3. The number of fused-ring (bicyclic) bond motifs is 1. The van der Waals surface area contributed by atoms with Gasteiger partial charge in [-0.1, -0.05) is 17.9 Å². The predicted octanol–water partition coefficient (Wildman–Crippen LogP) is 2.79. The summed E-state index contributed by atoms with van der Waals surface area (Å²) in [6, 6.07) is 5.53. The Balaban J connectivity index is 1.51. The van der Waals surface area contributed by atoms with Crippen LogP contribution in [-0.4, -0.2) is 78.2 Å². The third-order valence-electron chi connectivity index (χ3n) is 6.49. The minimum Gasteiger partial charge on any atom is -0.497 e. The zero-order valence-electron chi connectivity index (χ0n) is 21.9. The average Bonchev–Trinajstić information content (AvgIpc) is 3.25. The second kappa shape index (κ2) is 11.8. The van der Waals surface area contributed by atoms with Crippen molar-refractivity contribution in [3.05, 3.63) is 54.0 Å². The van der Waals surface area contributed by atoms with Gasteiger partial charge in [0.1, 0.15) is 29.3 Å². The fraction of sp³-hybridized carbons (Fsp3) is 0.393. The Morgan fingerprint density at radius 1 is 1.14 bits per heavy atom. The highest BCUT2D eigenvalue weighted by molar-refractivity contribution is 5.92. The van der Waals surface area contributed by atoms with Crippen molar-refractivity contribution in [2.75, 3.05) is 53.7 Å². The first-order valence-electron chi connectivity index (χ1n) is 12.3. The molecule has 1 aromatic carbocycles. The first-order chi connectivity index (χ1) is 17.9. The molecule has 3 aromatic rings. The molecular formula is C28H34N6O3. The molecule has 0 unspecified atom stereocenters. The number of rotatable bonds is 7. The molecule has 0 saturated carbocycles. The molecule has 194 valence electrons. The Labute approximate surface area is 217 Å². The highest BCUT2D eigenvalue weighted by Gasteiger charge is 2.23. The van der Waals surface area contributed by atoms with Crippen LogP contribution in [0.5, 0.6) is 11.5 Å². The number of nitrogens with two attached hydrogens (primary N) is 1. The number of hydrogen-bond donors (Lipinski definition) is 1. The number of amides is 1. The van der Waals surface area contributed by atoms with Crippen LogP contribution in [0.2, 0.25) is 0 Å². The lowest BCUT2D eigenvalue weighted by Gasteiger charge is -2.31. The van der Waals surface area contributed by atoms with Gasteiger partial charge in [0.2, 0.25) is 5.91 Å². The van der Waals surface area contributed by atoms with E-state index in [1.807, 2.05) is 54.4 Å². The van der Waals surface area contributed by atoms with Gasteiger partial charge >= 0.3 is 0 Å². The highest BCUT2D eigenvalue weighted by atomic mass is 16.5. The lowest BCUT2D eigenvalue weighted by atomic mass is 9.96. The lowest BCUT2D eigenvalue weighted by molar-refractivity contribution is -0.127. The van der Waals surface area contributed by atoms with Gasteiger partial charge in [0.15, 0.2) is 0 Å². The summed E-state index contributed by atoms with van der Waals surface area (Å²) in [6.45, 7) is 3.03. The molecule has 4 rings (SSSR count). The smallest absolute Gasteiger partial charge is 0.246 e. The number of likely N-dealkylation sites (tertiary alicyclic amines) is 1. The molecule has 2 N–H and O–H groups in total. The van der Waals surface area contributed by atoms with E-state index in [2.05, 4.69) is 26.4 Å². The number of ether oxygens (including phenoxy) is 2. The van der Waals surface area contributed by atoms with E-state index < -0.39 is 0 Å². The summed E-state index contributed by atoms with van der Waals surface area (Å²) in [7, 11) is 7.19. The standard InChI is InChI=1S/C28H34N6O3/c1-32(2)11-5-6-25(35)33-12-9-20(10-13-33)17-34-18-22(26-27(29)30-19-31-28(26)34)8-7-21-14-23(36-3)16-24(15-21)37-4/h5-6,14-16,18-20H,9-13,17H2,1-4H3,(H2,29,30,31). The molecule has 0 spiro atoms. The van der Waals surface area contributed by atoms with Crippen molar-refractivity contribution >= 4 is 22.8 Å². The van der Waals surface area contributed by atoms with Crippen molar-refractivity contribution in [3.8, 4) is 23.3 Å². The fourth-order valence-electron chi connectivity index (χ4n) is 4.48. The van der Waals surface area contributed by atoms with Crippen molar-refractivity contribution < 1.29 is 14.3 Å². The molecule has 1 fully saturated rings. The van der Waals surface area contributed by atoms with Gasteiger partial charge in [-0.3, -0.25) is 4.79 Å². The van der Waals surface area contributed by atoms with Crippen LogP contribution in [0.15, 0.2) is 42.9 Å². The number of carbonyl (C=O) groups excluding carboxylic acids is 1. The number of carbonyl (C=O) groups is 1. The number of hydrogen-bond acceptors (Lipinski definition) is 7. The van der Waals surface area contributed by atoms with E-state index in [-0.39, 0.29) is 5.91 Å². The second-order valence-corrected chi connectivity index (χ2v) is 9.44. The van der Waals surface area contributed by atoms with Crippen LogP contribution in [0.1, 0.15) is 24.0 Å². The number of anilines is 1. The number of aromatic nitrogens is 3. The Hall–Kier alpha value is -4.03. The largest absolute Gasteiger partial charge is 0.497 e. The molecule has 0 atom stereocenters. The van der Waals surface area contributed by atoms with E-state index in [1.165, 1.54) is 6.33 Å². The summed E-state index contributed by atoms with van der Waals surface area (Å²) in [6.07, 6.45) is 8.94. The summed E-state index contributed by atoms with van der Waals surface area (Å²) >= 11 is 0. The van der Waals surface area contributed by atoms with Gasteiger partial charge in [-0.2, -0.15) is 0 Å². The van der Waals surface area contributed by atoms with E-state index >= 15 is 0 Å². The van der Waals surface area contributed by atoms with Crippen molar-refractivity contribution in [3.63, 3.8) is 0 Å². The Morgan fingerprint density at radius 2 is 1.84 bits per heavy atom. The maximum absolute atomic E-state index is 12.5. The molecule has 2 aromatic heterocycles. The van der Waals surface area contributed by atoms with E-state index in [1.54, 1.807) is 20.3 Å². The van der Waals surface area contributed by atoms with Crippen molar-refractivity contribution in [2.45, 2.75) is 19.4 Å². The van der Waals surface area contributed by atoms with Crippen LogP contribution < -0.4 is 15.2 Å². The average molecular weight is 503 g/mol. The molecule has 0 bridgehead atoms. The number of piperidine rings is 1. The summed E-state index contributed by atoms with van der Waals surface area (Å²) < 4.78 is 12.8. The molecule has 9 nitrogen and oxygen atoms in total. The van der Waals surface area contributed by atoms with Crippen LogP contribution in [0.25, 0.3) is 11.0 Å². The van der Waals surface area contributed by atoms with E-state index in [0.717, 1.165) is 61.2 Å². The van der Waals surface area contributed by atoms with Gasteiger partial charge in [-0.15, -0.1) is 0 Å². The molecule has 0 radical (unpaired) electrons. The van der Waals surface area contributed by atoms with Crippen LogP contribution in [-0.2, 0) is 11.3 Å². The predicted molar refractivity (Wildman–Crippen MR) is 144 cm³/mol. The van der Waals surface area contributed by atoms with Crippen LogP contribution in [0.3, 0.4) is 0 Å². The molecule has 3 heterocycles. The summed E-state index contributed by atoms with van der Waals surface area (Å²) in [4.78, 5) is 25.1. The van der Waals surface area contributed by atoms with Crippen molar-refractivity contribution in [2.24, 2.45) is 5.92 Å². The summed E-state index contributed by atoms with van der Waals surface area (Å²) in [5.41, 5.74) is 8.56. The monoisotopic (exact) mass is 502 g/mol. The number of nitrogens with zero attached hydrogens (tertiary/aromatic N) is 5. The van der Waals surface area contributed by atoms with Gasteiger partial charge in [-0.05, 0) is 45.0 Å². The van der Waals surface area contributed by atoms with Crippen molar-refractivity contribution in [1.29, 1.82) is 0 Å². The van der Waals surface area contributed by atoms with Crippen LogP contribution in [0.4, 0.5) is 5.82 Å². The topological polar surface area (TPSA) is 98.7 Å². The third-order valence-corrected chi connectivity index (χ3v) is 6.49. The molecule has 1 amide bonds. The molecular weight excluding hydrogens is 468 g/mol. The Morgan fingerprint density at radius 3 is 2.49 bits per heavy atom. The SMILES string of the molecule is COc1cc(C#Cc2cn(CC3CCN(C(=O)C=CCN(C)C)CC3)c3ncnc(N)c23)cc(OC)c1. The van der Waals surface area contributed by atoms with Gasteiger partial charge in [0.25, 0.3) is 0 Å². The Bertz CT molecular complexity index is 1320. The number of benzene rings is 1. The Kier molecular flexibility index (Phi) is 8.31. The minimum absolute atomic E-state index is 0.0824. The van der Waals surface area contributed by atoms with Gasteiger partial charge < -0.3 is 29.6 Å². The van der Waals surface area contributed by atoms with Crippen LogP contribution in [0, 0.1) is 17.8 Å². The highest BCUT2D eigenvalue weighted by Crippen LogP contribution is 2.27. The molecule has 9 heteroatoms. The van der Waals surface area contributed by atoms with Crippen molar-refractivity contribution in [1.82, 2.24) is 24.3 Å². The molecule has 37 heavy (non-hydrogen) atoms. The quantitative estimate of drug-likeness (QED) is 0.392. The maximum atomic E-state index is 12.5. The lowest BCUT2D eigenvalue weighted by Crippen LogP contribution is -2.38. The molecule has 1 aliphatic heterocycles. The maximum Gasteiger partial charge on any atom is 0.246 e. The summed E-state index contributed by atoms with van der Waals surface area (Å²) in [5, 5.41) is 0.753. The summed E-state index contributed by atoms with van der Waals surface area (Å²) in [5.74, 6) is 8.70. The molecule has 1 saturated heterocycles. The third kappa shape index (κ3) is 6.40. The van der Waals surface area contributed by atoms with E-state index in [9.17, 15) is 4.79 Å². The number of methoxy groups -OCH3 is 2. The zero-order valence-corrected chi connectivity index (χ0v) is 21.9. The minimum atomic E-state index is 0.0824. The fourth-order valence-corrected chi connectivity index (χ4v) is 4.48. The molecule has 0 aliphatic carbocycles. The zero-order chi connectivity index (χ0) is 26.4. The van der Waals surface area contributed by atoms with Crippen LogP contribution >= 0.6 is 0 Å².